The van der Waals surface area contributed by atoms with Gasteiger partial charge in [0.15, 0.2) is 0 Å². The van der Waals surface area contributed by atoms with Crippen molar-refractivity contribution in [2.75, 3.05) is 0 Å². The number of benzene rings is 2. The van der Waals surface area contributed by atoms with Gasteiger partial charge in [-0.05, 0) is 42.2 Å². The van der Waals surface area contributed by atoms with Gasteiger partial charge in [0.05, 0.1) is 5.75 Å². The molecular formula is C17H20FNO2S. The van der Waals surface area contributed by atoms with Crippen molar-refractivity contribution >= 4 is 10.0 Å². The first kappa shape index (κ1) is 16.6. The molecule has 2 aromatic carbocycles. The Morgan fingerprint density at radius 1 is 1.00 bits per heavy atom. The minimum Gasteiger partial charge on any atom is -0.212 e. The Hall–Kier alpha value is -1.72. The lowest BCUT2D eigenvalue weighted by atomic mass is 10.1. The number of hydrogen-bond acceptors (Lipinski definition) is 2. The topological polar surface area (TPSA) is 46.2 Å². The van der Waals surface area contributed by atoms with Crippen molar-refractivity contribution in [3.63, 3.8) is 0 Å². The molecule has 22 heavy (non-hydrogen) atoms. The molecule has 0 radical (unpaired) electrons. The minimum absolute atomic E-state index is 0.162. The minimum atomic E-state index is -3.48. The van der Waals surface area contributed by atoms with E-state index in [1.807, 2.05) is 31.2 Å². The third kappa shape index (κ3) is 4.64. The molecular weight excluding hydrogens is 301 g/mol. The molecule has 0 aliphatic carbocycles. The summed E-state index contributed by atoms with van der Waals surface area (Å²) in [4.78, 5) is 0. The second kappa shape index (κ2) is 7.03. The van der Waals surface area contributed by atoms with Crippen LogP contribution in [0.1, 0.15) is 36.6 Å². The highest BCUT2D eigenvalue weighted by atomic mass is 32.2. The predicted molar refractivity (Wildman–Crippen MR) is 86.4 cm³/mol. The Morgan fingerprint density at radius 3 is 2.09 bits per heavy atom. The van der Waals surface area contributed by atoms with Gasteiger partial charge in [0, 0.05) is 6.04 Å². The Kier molecular flexibility index (Phi) is 5.32. The van der Waals surface area contributed by atoms with Gasteiger partial charge in [-0.3, -0.25) is 0 Å². The van der Waals surface area contributed by atoms with E-state index in [0.29, 0.717) is 5.56 Å². The lowest BCUT2D eigenvalue weighted by molar-refractivity contribution is 0.566. The largest absolute Gasteiger partial charge is 0.216 e. The first-order valence-corrected chi connectivity index (χ1v) is 8.88. The summed E-state index contributed by atoms with van der Waals surface area (Å²) in [7, 11) is -3.48. The van der Waals surface area contributed by atoms with E-state index in [0.717, 1.165) is 12.0 Å². The van der Waals surface area contributed by atoms with Crippen molar-refractivity contribution in [3.05, 3.63) is 71.0 Å². The number of halogens is 1. The Labute approximate surface area is 131 Å². The van der Waals surface area contributed by atoms with Crippen molar-refractivity contribution < 1.29 is 12.8 Å². The maximum absolute atomic E-state index is 12.8. The van der Waals surface area contributed by atoms with E-state index in [1.54, 1.807) is 0 Å². The monoisotopic (exact) mass is 321 g/mol. The molecule has 1 N–H and O–H groups in total. The summed E-state index contributed by atoms with van der Waals surface area (Å²) < 4.78 is 39.9. The molecule has 0 spiro atoms. The van der Waals surface area contributed by atoms with E-state index < -0.39 is 10.0 Å². The van der Waals surface area contributed by atoms with Crippen LogP contribution in [-0.2, 0) is 22.2 Å². The van der Waals surface area contributed by atoms with Crippen LogP contribution in [0.2, 0.25) is 0 Å². The smallest absolute Gasteiger partial charge is 0.212 e. The van der Waals surface area contributed by atoms with Crippen LogP contribution in [0.3, 0.4) is 0 Å². The molecule has 0 aromatic heterocycles. The Morgan fingerprint density at radius 2 is 1.55 bits per heavy atom. The fraction of sp³-hybridized carbons (Fsp3) is 0.294. The van der Waals surface area contributed by atoms with Gasteiger partial charge in [-0.1, -0.05) is 43.3 Å². The first-order chi connectivity index (χ1) is 10.4. The average Bonchev–Trinajstić information content (AvgIpc) is 2.49. The molecule has 0 unspecified atom stereocenters. The van der Waals surface area contributed by atoms with Crippen molar-refractivity contribution in [1.29, 1.82) is 0 Å². The molecule has 2 rings (SSSR count). The standard InChI is InChI=1S/C17H20FNO2S/c1-3-14-4-8-16(9-5-14)13(2)19-22(20,21)12-15-6-10-17(18)11-7-15/h4-11,13,19H,3,12H2,1-2H3/t13-/m1/s1. The maximum atomic E-state index is 12.8. The first-order valence-electron chi connectivity index (χ1n) is 7.23. The normalized spacial score (nSPS) is 13.0. The Balaban J connectivity index is 2.05. The van der Waals surface area contributed by atoms with E-state index in [-0.39, 0.29) is 17.6 Å². The molecule has 0 saturated heterocycles. The number of hydrogen-bond donors (Lipinski definition) is 1. The number of aryl methyl sites for hydroxylation is 1. The maximum Gasteiger partial charge on any atom is 0.216 e. The average molecular weight is 321 g/mol. The highest BCUT2D eigenvalue weighted by molar-refractivity contribution is 7.88. The summed E-state index contributed by atoms with van der Waals surface area (Å²) in [5.74, 6) is -0.538. The van der Waals surface area contributed by atoms with Gasteiger partial charge < -0.3 is 0 Å². The Bertz CT molecular complexity index is 709. The third-order valence-electron chi connectivity index (χ3n) is 3.51. The van der Waals surface area contributed by atoms with Gasteiger partial charge in [-0.25, -0.2) is 17.5 Å². The molecule has 0 aliphatic rings. The van der Waals surface area contributed by atoms with E-state index in [1.165, 1.54) is 29.8 Å². The third-order valence-corrected chi connectivity index (χ3v) is 4.94. The molecule has 1 atom stereocenters. The van der Waals surface area contributed by atoms with Crippen LogP contribution in [0.4, 0.5) is 4.39 Å². The predicted octanol–water partition coefficient (Wildman–Crippen LogP) is 3.57. The molecule has 0 aliphatic heterocycles. The molecule has 5 heteroatoms. The summed E-state index contributed by atoms with van der Waals surface area (Å²) in [6.07, 6.45) is 0.949. The molecule has 0 bridgehead atoms. The van der Waals surface area contributed by atoms with Crippen LogP contribution in [0.5, 0.6) is 0 Å². The van der Waals surface area contributed by atoms with E-state index in [2.05, 4.69) is 11.6 Å². The summed E-state index contributed by atoms with van der Waals surface area (Å²) in [6.45, 7) is 3.88. The highest BCUT2D eigenvalue weighted by Gasteiger charge is 2.16. The summed E-state index contributed by atoms with van der Waals surface area (Å²) in [5.41, 5.74) is 2.69. The zero-order valence-electron chi connectivity index (χ0n) is 12.7. The van der Waals surface area contributed by atoms with Crippen LogP contribution in [0, 0.1) is 5.82 Å². The van der Waals surface area contributed by atoms with Crippen LogP contribution in [-0.4, -0.2) is 8.42 Å². The number of sulfonamides is 1. The van der Waals surface area contributed by atoms with E-state index >= 15 is 0 Å². The SMILES string of the molecule is CCc1ccc([C@@H](C)NS(=O)(=O)Cc2ccc(F)cc2)cc1. The van der Waals surface area contributed by atoms with Crippen LogP contribution < -0.4 is 4.72 Å². The van der Waals surface area contributed by atoms with Crippen LogP contribution in [0.25, 0.3) is 0 Å². The van der Waals surface area contributed by atoms with Crippen molar-refractivity contribution in [2.45, 2.75) is 32.1 Å². The van der Waals surface area contributed by atoms with Gasteiger partial charge in [0.1, 0.15) is 5.82 Å². The molecule has 0 heterocycles. The summed E-state index contributed by atoms with van der Waals surface area (Å²) in [5, 5.41) is 0. The summed E-state index contributed by atoms with van der Waals surface area (Å²) >= 11 is 0. The van der Waals surface area contributed by atoms with Gasteiger partial charge in [-0.2, -0.15) is 0 Å². The molecule has 2 aromatic rings. The lowest BCUT2D eigenvalue weighted by Gasteiger charge is -2.15. The quantitative estimate of drug-likeness (QED) is 0.884. The van der Waals surface area contributed by atoms with Gasteiger partial charge >= 0.3 is 0 Å². The second-order valence-electron chi connectivity index (χ2n) is 5.32. The zero-order valence-corrected chi connectivity index (χ0v) is 13.5. The van der Waals surface area contributed by atoms with Crippen molar-refractivity contribution in [3.8, 4) is 0 Å². The van der Waals surface area contributed by atoms with Crippen LogP contribution in [0.15, 0.2) is 48.5 Å². The summed E-state index contributed by atoms with van der Waals surface area (Å²) in [6, 6.07) is 13.0. The molecule has 3 nitrogen and oxygen atoms in total. The number of rotatable bonds is 6. The number of nitrogens with one attached hydrogen (secondary N) is 1. The van der Waals surface area contributed by atoms with Crippen molar-refractivity contribution in [1.82, 2.24) is 4.72 Å². The second-order valence-corrected chi connectivity index (χ2v) is 7.07. The van der Waals surface area contributed by atoms with Gasteiger partial charge in [-0.15, -0.1) is 0 Å². The van der Waals surface area contributed by atoms with Gasteiger partial charge in [0.25, 0.3) is 0 Å². The highest BCUT2D eigenvalue weighted by Crippen LogP contribution is 2.16. The molecule has 0 amide bonds. The van der Waals surface area contributed by atoms with Crippen LogP contribution >= 0.6 is 0 Å². The van der Waals surface area contributed by atoms with Gasteiger partial charge in [0.2, 0.25) is 10.0 Å². The molecule has 118 valence electrons. The fourth-order valence-corrected chi connectivity index (χ4v) is 3.61. The van der Waals surface area contributed by atoms with E-state index in [4.69, 9.17) is 0 Å². The molecule has 0 fully saturated rings. The van der Waals surface area contributed by atoms with Crippen molar-refractivity contribution in [2.24, 2.45) is 0 Å². The zero-order chi connectivity index (χ0) is 16.2. The lowest BCUT2D eigenvalue weighted by Crippen LogP contribution is -2.28. The van der Waals surface area contributed by atoms with E-state index in [9.17, 15) is 12.8 Å². The fourth-order valence-electron chi connectivity index (χ4n) is 2.22. The molecule has 0 saturated carbocycles.